The Kier molecular flexibility index (Phi) is 32.9. The van der Waals surface area contributed by atoms with Gasteiger partial charge in [0.25, 0.3) is 5.69 Å². The van der Waals surface area contributed by atoms with Crippen molar-refractivity contribution in [1.29, 1.82) is 0 Å². The largest absolute Gasteiger partial charge is 0.497 e. The summed E-state index contributed by atoms with van der Waals surface area (Å²) in [5.41, 5.74) is 18.2. The fourth-order valence-corrected chi connectivity index (χ4v) is 16.0. The number of methoxy groups -OCH3 is 1. The van der Waals surface area contributed by atoms with Crippen LogP contribution in [0.4, 0.5) is 51.7 Å². The van der Waals surface area contributed by atoms with Gasteiger partial charge in [0.15, 0.2) is 21.7 Å². The number of non-ortho nitro benzene ring substituents is 1. The number of benzene rings is 11. The van der Waals surface area contributed by atoms with Crippen molar-refractivity contribution in [3.63, 3.8) is 0 Å². The summed E-state index contributed by atoms with van der Waals surface area (Å²) in [6.45, 7) is 7.67. The monoisotopic (exact) mass is 1820 g/mol. The van der Waals surface area contributed by atoms with Gasteiger partial charge < -0.3 is 26.0 Å². The highest BCUT2D eigenvalue weighted by molar-refractivity contribution is 6.31. The molecule has 0 spiro atoms. The molecule has 9 aromatic heterocycles. The third-order valence-electron chi connectivity index (χ3n) is 21.5. The molecule has 20 aromatic rings. The van der Waals surface area contributed by atoms with Crippen molar-refractivity contribution in [2.24, 2.45) is 0 Å². The van der Waals surface area contributed by atoms with Gasteiger partial charge in [0.2, 0.25) is 0 Å². The Morgan fingerprint density at radius 1 is 0.301 bits per heavy atom. The summed E-state index contributed by atoms with van der Waals surface area (Å²) in [5.74, 6) is 3.42. The van der Waals surface area contributed by atoms with Crippen molar-refractivity contribution in [2.75, 3.05) is 28.4 Å². The minimum absolute atomic E-state index is 0. The van der Waals surface area contributed by atoms with Crippen LogP contribution in [0.15, 0.2) is 408 Å². The van der Waals surface area contributed by atoms with E-state index in [1.165, 1.54) is 12.1 Å². The highest BCUT2D eigenvalue weighted by Crippen LogP contribution is 2.38. The topological polar surface area (TPSA) is 253 Å². The minimum atomic E-state index is -0.453. The van der Waals surface area contributed by atoms with Gasteiger partial charge >= 0.3 is 0 Å². The van der Waals surface area contributed by atoms with Gasteiger partial charge in [0.1, 0.15) is 29.0 Å². The molecule has 0 saturated carbocycles. The second-order valence-electron chi connectivity index (χ2n) is 30.5. The normalized spacial score (nSPS) is 10.4. The number of rotatable bonds is 18. The number of anilines is 8. The van der Waals surface area contributed by atoms with Crippen LogP contribution in [0.1, 0.15) is 67.3 Å². The smallest absolute Gasteiger partial charge is 0.270 e. The number of nitro benzene ring substituents is 1. The maximum absolute atomic E-state index is 13.5. The first-order valence-corrected chi connectivity index (χ1v) is 42.2. The molecule has 136 heavy (non-hydrogen) atoms. The molecule has 0 aliphatic carbocycles. The number of nitro groups is 1. The number of hydrogen-bond donors (Lipinski definition) is 4. The Hall–Kier alpha value is -17.3. The summed E-state index contributed by atoms with van der Waals surface area (Å²) in [4.78, 5) is 87.7. The van der Waals surface area contributed by atoms with E-state index in [0.29, 0.717) is 89.4 Å². The van der Waals surface area contributed by atoms with Crippen LogP contribution in [-0.2, 0) is 0 Å². The summed E-state index contributed by atoms with van der Waals surface area (Å²) >= 11 is 6.25. The zero-order valence-electron chi connectivity index (χ0n) is 71.2. The van der Waals surface area contributed by atoms with E-state index in [4.69, 9.17) is 31.3 Å². The van der Waals surface area contributed by atoms with E-state index >= 15 is 0 Å². The van der Waals surface area contributed by atoms with Gasteiger partial charge in [-0.1, -0.05) is 226 Å². The summed E-state index contributed by atoms with van der Waals surface area (Å²) in [7, 11) is 1.63. The molecule has 0 amide bonds. The van der Waals surface area contributed by atoms with Gasteiger partial charge in [-0.25, -0.2) is 0 Å². The Labute approximate surface area is 796 Å². The number of nitrogens with zero attached hydrogens (tertiary/aromatic N) is 10. The van der Waals surface area contributed by atoms with Crippen LogP contribution in [0.25, 0.3) is 111 Å². The third-order valence-corrected chi connectivity index (χ3v) is 21.7. The van der Waals surface area contributed by atoms with E-state index in [2.05, 4.69) is 44.9 Å². The number of para-hydroxylation sites is 8. The quantitative estimate of drug-likeness (QED) is 0.0460. The zero-order valence-corrected chi connectivity index (χ0v) is 71.9. The van der Waals surface area contributed by atoms with E-state index in [1.54, 1.807) is 55.9 Å². The lowest BCUT2D eigenvalue weighted by Crippen LogP contribution is -2.14. The van der Waals surface area contributed by atoms with Gasteiger partial charge in [0.05, 0.1) is 78.4 Å². The lowest BCUT2D eigenvalue weighted by atomic mass is 10.0. The molecule has 4 N–H and O–H groups in total. The second-order valence-corrected chi connectivity index (χ2v) is 31.0. The number of halogens is 1. The van der Waals surface area contributed by atoms with E-state index in [-0.39, 0.29) is 72.0 Å². The van der Waals surface area contributed by atoms with E-state index in [9.17, 15) is 29.3 Å². The number of pyridine rings is 9. The molecule has 20 rings (SSSR count). The highest BCUT2D eigenvalue weighted by atomic mass is 35.5. The fraction of sp³-hybridized carbons (Fsp3) is 0.0965. The fourth-order valence-electron chi connectivity index (χ4n) is 15.8. The first-order chi connectivity index (χ1) is 63.4. The molecule has 0 fully saturated rings. The first kappa shape index (κ1) is 99.3. The van der Waals surface area contributed by atoms with Gasteiger partial charge in [-0.05, 0) is 198 Å². The van der Waals surface area contributed by atoms with E-state index in [0.717, 1.165) is 102 Å². The first-order valence-electron chi connectivity index (χ1n) is 41.8. The number of aryl methyl sites for hydroxylation is 4. The Morgan fingerprint density at radius 3 is 0.853 bits per heavy atom. The Bertz CT molecular complexity index is 7800. The van der Waals surface area contributed by atoms with Crippen LogP contribution >= 0.6 is 11.6 Å². The standard InChI is InChI=1S/C28H23N3O2.C27H20ClN3O.C27H20N4O3.C26H20N4O.6CH4/c1-19-17-24-27(28(29-19)20-13-15-23(33-2)16-14-20)25(32)18-26(30-21-9-5-3-6-10-21)31(24)22-11-7-4-8-12-22;1-18-15-23-26(27(29-18)19-9-8-10-20(28)16-19)24(32)17-25(30-21-11-4-2-5-12-21)31(23)22-13-6-3-7-14-22;1-18-15-23-26(27(28-18)19-9-8-14-22(16-19)31(33)34)24(32)17-25(29-20-10-4-2-5-11-20)30(23)21-12-6-3-7-13-21;1-18-15-22-25(26(28-18)19-9-8-14-27-17-19)23(31)16-24(29-20-10-4-2-5-11-20)30(22)21-12-6-3-7-13-21;;;;;;/h3-18,30H,1-2H3;2-17,30H,1H3;2-17,29H,1H3;2-17,29H,1H3;6*1H4. The van der Waals surface area contributed by atoms with Crippen molar-refractivity contribution >= 4 is 107 Å². The molecule has 0 aliphatic heterocycles. The van der Waals surface area contributed by atoms with Crippen molar-refractivity contribution in [1.82, 2.24) is 43.2 Å². The average Bonchev–Trinajstić information content (AvgIpc) is 0.760. The molecule has 21 nitrogen and oxygen atoms in total. The summed E-state index contributed by atoms with van der Waals surface area (Å²) < 4.78 is 13.5. The van der Waals surface area contributed by atoms with Gasteiger partial charge in [-0.3, -0.25) is 72.5 Å². The van der Waals surface area contributed by atoms with Crippen LogP contribution in [0.3, 0.4) is 0 Å². The minimum Gasteiger partial charge on any atom is -0.497 e. The predicted molar refractivity (Wildman–Crippen MR) is 565 cm³/mol. The van der Waals surface area contributed by atoms with Crippen LogP contribution in [0, 0.1) is 37.8 Å². The van der Waals surface area contributed by atoms with Crippen molar-refractivity contribution in [2.45, 2.75) is 72.3 Å². The number of nitrogens with one attached hydrogen (secondary N) is 4. The number of hydrogen-bond acceptors (Lipinski definition) is 16. The molecular weight excluding hydrogens is 1710 g/mol. The van der Waals surface area contributed by atoms with Gasteiger partial charge in [-0.15, -0.1) is 0 Å². The molecular formula is C114H107ClN14O7. The van der Waals surface area contributed by atoms with Gasteiger partial charge in [-0.2, -0.15) is 0 Å². The second kappa shape index (κ2) is 45.0. The molecule has 0 radical (unpaired) electrons. The van der Waals surface area contributed by atoms with Crippen LogP contribution in [-0.4, -0.2) is 55.2 Å². The van der Waals surface area contributed by atoms with E-state index in [1.807, 2.05) is 360 Å². The average molecular weight is 1820 g/mol. The SMILES string of the molecule is C.C.C.C.C.C.COc1ccc(-c2nc(C)cc3c2c(=O)cc(Nc2ccccc2)n3-c2ccccc2)cc1.Cc1cc2c(c(-c3cccc(Cl)c3)n1)c(=O)cc(Nc1ccccc1)n2-c1ccccc1.Cc1cc2c(c(-c3cccc([N+](=O)[O-])c3)n1)c(=O)cc(Nc1ccccc1)n2-c1ccccc1.Cc1cc2c(c(-c3cccnc3)n1)c(=O)cc(Nc1ccccc1)n2-c1ccccc1. The molecule has 0 atom stereocenters. The van der Waals surface area contributed by atoms with E-state index < -0.39 is 4.92 Å². The Balaban J connectivity index is 0.000000172. The molecule has 11 aromatic carbocycles. The summed E-state index contributed by atoms with van der Waals surface area (Å²) in [6, 6.07) is 118. The molecule has 0 unspecified atom stereocenters. The predicted octanol–water partition coefficient (Wildman–Crippen LogP) is 28.2. The lowest BCUT2D eigenvalue weighted by Gasteiger charge is -2.20. The summed E-state index contributed by atoms with van der Waals surface area (Å²) in [6.07, 6.45) is 3.45. The number of ether oxygens (including phenoxy) is 1. The third kappa shape index (κ3) is 22.0. The molecule has 0 aliphatic rings. The molecule has 9 heterocycles. The number of aromatic nitrogens is 9. The molecule has 0 saturated heterocycles. The molecule has 682 valence electrons. The molecule has 22 heteroatoms. The van der Waals surface area contributed by atoms with Crippen LogP contribution < -0.4 is 47.7 Å². The lowest BCUT2D eigenvalue weighted by molar-refractivity contribution is -0.384. The maximum atomic E-state index is 13.5. The van der Waals surface area contributed by atoms with Crippen molar-refractivity contribution in [3.05, 3.63) is 467 Å². The number of fused-ring (bicyclic) bond motifs is 4. The maximum Gasteiger partial charge on any atom is 0.270 e. The van der Waals surface area contributed by atoms with Crippen molar-refractivity contribution < 1.29 is 9.66 Å². The van der Waals surface area contributed by atoms with Crippen LogP contribution in [0.5, 0.6) is 5.75 Å². The zero-order chi connectivity index (χ0) is 89.7. The van der Waals surface area contributed by atoms with Crippen molar-refractivity contribution in [3.8, 4) is 73.5 Å². The van der Waals surface area contributed by atoms with Crippen LogP contribution in [0.2, 0.25) is 5.02 Å². The Morgan fingerprint density at radius 2 is 0.574 bits per heavy atom. The highest BCUT2D eigenvalue weighted by Gasteiger charge is 2.24. The molecule has 0 bridgehead atoms. The van der Waals surface area contributed by atoms with Gasteiger partial charge in [0, 0.05) is 144 Å². The summed E-state index contributed by atoms with van der Waals surface area (Å²) in [5, 5.41) is 27.7.